The first-order chi connectivity index (χ1) is 11.3. The van der Waals surface area contributed by atoms with Crippen molar-refractivity contribution in [1.82, 2.24) is 15.5 Å². The topological polar surface area (TPSA) is 83.6 Å². The van der Waals surface area contributed by atoms with Gasteiger partial charge in [-0.15, -0.1) is 0 Å². The number of anilines is 1. The van der Waals surface area contributed by atoms with E-state index in [0.29, 0.717) is 30.6 Å². The van der Waals surface area contributed by atoms with Crippen molar-refractivity contribution in [3.8, 4) is 11.5 Å². The van der Waals surface area contributed by atoms with Gasteiger partial charge in [-0.25, -0.2) is 4.99 Å². The van der Waals surface area contributed by atoms with Gasteiger partial charge in [-0.2, -0.15) is 5.10 Å². The molecule has 1 aromatic heterocycles. The van der Waals surface area contributed by atoms with E-state index in [2.05, 4.69) is 25.8 Å². The molecule has 1 aromatic carbocycles. The Balaban J connectivity index is 2.12. The minimum atomic E-state index is 0.518. The molecular formula is C16H23N5O2. The van der Waals surface area contributed by atoms with Crippen LogP contribution in [0.4, 0.5) is 5.69 Å². The molecule has 2 aromatic rings. The quantitative estimate of drug-likeness (QED) is 0.539. The zero-order chi connectivity index (χ0) is 16.5. The van der Waals surface area contributed by atoms with Crippen LogP contribution in [0.2, 0.25) is 0 Å². The normalized spacial score (nSPS) is 11.2. The van der Waals surface area contributed by atoms with Crippen LogP contribution in [-0.4, -0.2) is 36.4 Å². The minimum absolute atomic E-state index is 0.518. The van der Waals surface area contributed by atoms with Crippen molar-refractivity contribution in [3.63, 3.8) is 0 Å². The van der Waals surface area contributed by atoms with Crippen molar-refractivity contribution in [1.29, 1.82) is 0 Å². The van der Waals surface area contributed by atoms with Crippen molar-refractivity contribution < 1.29 is 9.47 Å². The average molecular weight is 317 g/mol. The highest BCUT2D eigenvalue weighted by atomic mass is 16.5. The van der Waals surface area contributed by atoms with Gasteiger partial charge in [0.15, 0.2) is 17.5 Å². The highest BCUT2D eigenvalue weighted by molar-refractivity contribution is 5.93. The van der Waals surface area contributed by atoms with Crippen molar-refractivity contribution in [2.45, 2.75) is 20.4 Å². The molecule has 0 radical (unpaired) electrons. The summed E-state index contributed by atoms with van der Waals surface area (Å²) >= 11 is 0. The lowest BCUT2D eigenvalue weighted by molar-refractivity contribution is 0.311. The third-order valence-corrected chi connectivity index (χ3v) is 3.04. The van der Waals surface area contributed by atoms with Crippen LogP contribution < -0.4 is 20.1 Å². The van der Waals surface area contributed by atoms with E-state index in [9.17, 15) is 0 Å². The number of hydrogen-bond donors (Lipinski definition) is 3. The summed E-state index contributed by atoms with van der Waals surface area (Å²) in [6.07, 6.45) is 1.71. The standard InChI is InChI=1S/C16H23N5O2/c1-4-17-16(18-11-13-8-9-19-21-13)20-12-6-7-14(22-3)15(10-12)23-5-2/h6-10H,4-5,11H2,1-3H3,(H,19,21)(H2,17,18,20). The highest BCUT2D eigenvalue weighted by Gasteiger charge is 2.07. The molecule has 7 heteroatoms. The molecule has 0 atom stereocenters. The number of ether oxygens (including phenoxy) is 2. The number of guanidine groups is 1. The van der Waals surface area contributed by atoms with Crippen LogP contribution in [0.5, 0.6) is 11.5 Å². The summed E-state index contributed by atoms with van der Waals surface area (Å²) in [5.41, 5.74) is 1.82. The zero-order valence-electron chi connectivity index (χ0n) is 13.7. The molecule has 0 amide bonds. The first-order valence-corrected chi connectivity index (χ1v) is 7.61. The zero-order valence-corrected chi connectivity index (χ0v) is 13.7. The van der Waals surface area contributed by atoms with Gasteiger partial charge < -0.3 is 20.1 Å². The largest absolute Gasteiger partial charge is 0.493 e. The molecule has 0 spiro atoms. The maximum absolute atomic E-state index is 5.59. The third-order valence-electron chi connectivity index (χ3n) is 3.04. The van der Waals surface area contributed by atoms with E-state index in [4.69, 9.17) is 9.47 Å². The molecule has 0 aliphatic rings. The summed E-state index contributed by atoms with van der Waals surface area (Å²) in [5.74, 6) is 2.09. The maximum Gasteiger partial charge on any atom is 0.196 e. The summed E-state index contributed by atoms with van der Waals surface area (Å²) in [4.78, 5) is 4.52. The molecule has 2 rings (SSSR count). The molecule has 0 aliphatic carbocycles. The highest BCUT2D eigenvalue weighted by Crippen LogP contribution is 2.30. The summed E-state index contributed by atoms with van der Waals surface area (Å²) in [5, 5.41) is 13.3. The predicted octanol–water partition coefficient (Wildman–Crippen LogP) is 2.39. The Morgan fingerprint density at radius 3 is 2.78 bits per heavy atom. The molecule has 3 N–H and O–H groups in total. The molecule has 124 valence electrons. The van der Waals surface area contributed by atoms with Crippen LogP contribution in [0, 0.1) is 0 Å². The number of benzene rings is 1. The molecule has 0 unspecified atom stereocenters. The fraction of sp³-hybridized carbons (Fsp3) is 0.375. The number of nitrogens with one attached hydrogen (secondary N) is 3. The first kappa shape index (κ1) is 16.7. The molecule has 23 heavy (non-hydrogen) atoms. The molecule has 0 saturated carbocycles. The lowest BCUT2D eigenvalue weighted by atomic mass is 10.2. The van der Waals surface area contributed by atoms with E-state index in [1.165, 1.54) is 0 Å². The van der Waals surface area contributed by atoms with Gasteiger partial charge in [0.25, 0.3) is 0 Å². The lowest BCUT2D eigenvalue weighted by Crippen LogP contribution is -2.30. The number of aliphatic imine (C=N–C) groups is 1. The predicted molar refractivity (Wildman–Crippen MR) is 91.2 cm³/mol. The molecule has 0 aliphatic heterocycles. The van der Waals surface area contributed by atoms with Crippen molar-refractivity contribution in [3.05, 3.63) is 36.2 Å². The van der Waals surface area contributed by atoms with Crippen molar-refractivity contribution in [2.75, 3.05) is 25.6 Å². The smallest absolute Gasteiger partial charge is 0.196 e. The number of H-pyrrole nitrogens is 1. The van der Waals surface area contributed by atoms with Crippen LogP contribution in [-0.2, 0) is 6.54 Å². The number of methoxy groups -OCH3 is 1. The van der Waals surface area contributed by atoms with Gasteiger partial charge in [-0.1, -0.05) is 0 Å². The molecular weight excluding hydrogens is 294 g/mol. The Labute approximate surface area is 136 Å². The number of aromatic amines is 1. The van der Waals surface area contributed by atoms with Crippen molar-refractivity contribution >= 4 is 11.6 Å². The van der Waals surface area contributed by atoms with E-state index in [1.54, 1.807) is 13.3 Å². The Hall–Kier alpha value is -2.70. The first-order valence-electron chi connectivity index (χ1n) is 7.61. The lowest BCUT2D eigenvalue weighted by Gasteiger charge is -2.14. The second-order valence-electron chi connectivity index (χ2n) is 4.70. The van der Waals surface area contributed by atoms with Crippen LogP contribution in [0.15, 0.2) is 35.5 Å². The van der Waals surface area contributed by atoms with E-state index in [1.807, 2.05) is 38.1 Å². The van der Waals surface area contributed by atoms with Gasteiger partial charge >= 0.3 is 0 Å². The summed E-state index contributed by atoms with van der Waals surface area (Å²) in [7, 11) is 1.63. The van der Waals surface area contributed by atoms with Gasteiger partial charge in [-0.05, 0) is 32.0 Å². The molecule has 7 nitrogen and oxygen atoms in total. The Bertz CT molecular complexity index is 625. The number of hydrogen-bond acceptors (Lipinski definition) is 4. The number of nitrogens with zero attached hydrogens (tertiary/aromatic N) is 2. The second-order valence-corrected chi connectivity index (χ2v) is 4.70. The number of aromatic nitrogens is 2. The van der Waals surface area contributed by atoms with Crippen LogP contribution >= 0.6 is 0 Å². The van der Waals surface area contributed by atoms with Gasteiger partial charge in [0.05, 0.1) is 26.0 Å². The molecule has 0 fully saturated rings. The van der Waals surface area contributed by atoms with E-state index in [0.717, 1.165) is 17.9 Å². The second kappa shape index (κ2) is 8.67. The average Bonchev–Trinajstić information content (AvgIpc) is 3.07. The molecule has 0 saturated heterocycles. The van der Waals surface area contributed by atoms with E-state index >= 15 is 0 Å². The monoisotopic (exact) mass is 317 g/mol. The summed E-state index contributed by atoms with van der Waals surface area (Å²) in [6, 6.07) is 7.58. The fourth-order valence-electron chi connectivity index (χ4n) is 2.00. The van der Waals surface area contributed by atoms with E-state index < -0.39 is 0 Å². The Kier molecular flexibility index (Phi) is 6.28. The van der Waals surface area contributed by atoms with Crippen LogP contribution in [0.25, 0.3) is 0 Å². The fourth-order valence-corrected chi connectivity index (χ4v) is 2.00. The Morgan fingerprint density at radius 1 is 1.26 bits per heavy atom. The van der Waals surface area contributed by atoms with Crippen LogP contribution in [0.3, 0.4) is 0 Å². The SMILES string of the molecule is CCNC(=NCc1ccn[nH]1)Nc1ccc(OC)c(OCC)c1. The minimum Gasteiger partial charge on any atom is -0.493 e. The maximum atomic E-state index is 5.59. The molecule has 0 bridgehead atoms. The van der Waals surface area contributed by atoms with E-state index in [-0.39, 0.29) is 0 Å². The number of rotatable bonds is 7. The van der Waals surface area contributed by atoms with Gasteiger partial charge in [0.1, 0.15) is 0 Å². The Morgan fingerprint density at radius 2 is 2.13 bits per heavy atom. The summed E-state index contributed by atoms with van der Waals surface area (Å²) in [6.45, 7) is 5.82. The third kappa shape index (κ3) is 4.91. The van der Waals surface area contributed by atoms with Gasteiger partial charge in [0, 0.05) is 24.5 Å². The summed E-state index contributed by atoms with van der Waals surface area (Å²) < 4.78 is 10.9. The van der Waals surface area contributed by atoms with Gasteiger partial charge in [0.2, 0.25) is 0 Å². The van der Waals surface area contributed by atoms with Gasteiger partial charge in [-0.3, -0.25) is 5.10 Å². The van der Waals surface area contributed by atoms with Crippen molar-refractivity contribution in [2.24, 2.45) is 4.99 Å². The van der Waals surface area contributed by atoms with Crippen LogP contribution in [0.1, 0.15) is 19.5 Å². The molecule has 1 heterocycles.